The second-order valence-electron chi connectivity index (χ2n) is 6.64. The molecule has 7 nitrogen and oxygen atoms in total. The van der Waals surface area contributed by atoms with E-state index in [4.69, 9.17) is 23.8 Å². The maximum absolute atomic E-state index is 5.65. The summed E-state index contributed by atoms with van der Waals surface area (Å²) in [5, 5.41) is 9.79. The fraction of sp³-hybridized carbons (Fsp3) is 0.450. The van der Waals surface area contributed by atoms with Gasteiger partial charge in [0.2, 0.25) is 18.3 Å². The van der Waals surface area contributed by atoms with Gasteiger partial charge in [-0.15, -0.1) is 11.3 Å². The lowest BCUT2D eigenvalue weighted by Crippen LogP contribution is -2.25. The van der Waals surface area contributed by atoms with Gasteiger partial charge in [-0.25, -0.2) is 0 Å². The third kappa shape index (κ3) is 4.02. The van der Waals surface area contributed by atoms with Crippen LogP contribution in [-0.4, -0.2) is 45.9 Å². The van der Waals surface area contributed by atoms with Crippen LogP contribution in [0.3, 0.4) is 0 Å². The van der Waals surface area contributed by atoms with Gasteiger partial charge in [0.05, 0.1) is 19.9 Å². The first-order chi connectivity index (χ1) is 13.8. The summed E-state index contributed by atoms with van der Waals surface area (Å²) in [6, 6.07) is 6.16. The van der Waals surface area contributed by atoms with E-state index in [1.807, 2.05) is 6.07 Å². The summed E-state index contributed by atoms with van der Waals surface area (Å²) in [6.07, 6.45) is 2.43. The Morgan fingerprint density at radius 2 is 2.14 bits per heavy atom. The van der Waals surface area contributed by atoms with Crippen molar-refractivity contribution in [2.75, 3.05) is 34.1 Å². The molecule has 1 aromatic heterocycles. The Balaban J connectivity index is 1.32. The molecule has 0 amide bonds. The summed E-state index contributed by atoms with van der Waals surface area (Å²) in [5.74, 6) is 2.48. The Morgan fingerprint density at radius 1 is 1.25 bits per heavy atom. The summed E-state index contributed by atoms with van der Waals surface area (Å²) in [4.78, 5) is 7.03. The van der Waals surface area contributed by atoms with Crippen molar-refractivity contribution in [1.82, 2.24) is 5.32 Å². The fourth-order valence-corrected chi connectivity index (χ4v) is 4.15. The molecule has 1 unspecified atom stereocenters. The van der Waals surface area contributed by atoms with Crippen LogP contribution in [0.1, 0.15) is 16.9 Å². The zero-order valence-electron chi connectivity index (χ0n) is 16.0. The lowest BCUT2D eigenvalue weighted by molar-refractivity contribution is 0.0853. The van der Waals surface area contributed by atoms with Crippen LogP contribution in [0.2, 0.25) is 0 Å². The third-order valence-corrected chi connectivity index (χ3v) is 5.70. The quantitative estimate of drug-likeness (QED) is 0.648. The van der Waals surface area contributed by atoms with Crippen molar-refractivity contribution in [3.05, 3.63) is 34.0 Å². The molecule has 0 saturated heterocycles. The minimum Gasteiger partial charge on any atom is -0.493 e. The lowest BCUT2D eigenvalue weighted by atomic mass is 10.0. The van der Waals surface area contributed by atoms with Gasteiger partial charge in [0, 0.05) is 36.4 Å². The molecule has 4 rings (SSSR count). The van der Waals surface area contributed by atoms with Gasteiger partial charge in [-0.3, -0.25) is 0 Å². The molecule has 1 N–H and O–H groups in total. The largest absolute Gasteiger partial charge is 0.493 e. The number of rotatable bonds is 9. The van der Waals surface area contributed by atoms with Gasteiger partial charge < -0.3 is 29.1 Å². The lowest BCUT2D eigenvalue weighted by Gasteiger charge is -2.15. The smallest absolute Gasteiger partial charge is 0.231 e. The summed E-state index contributed by atoms with van der Waals surface area (Å²) in [7, 11) is 3.24. The molecule has 3 heterocycles. The van der Waals surface area contributed by atoms with E-state index in [1.165, 1.54) is 4.88 Å². The van der Waals surface area contributed by atoms with Crippen molar-refractivity contribution in [1.29, 1.82) is 0 Å². The van der Waals surface area contributed by atoms with Crippen molar-refractivity contribution in [2.45, 2.75) is 25.4 Å². The highest BCUT2D eigenvalue weighted by Gasteiger charge is 2.30. The highest BCUT2D eigenvalue weighted by Crippen LogP contribution is 2.49. The first kappa shape index (κ1) is 18.9. The first-order valence-corrected chi connectivity index (χ1v) is 10.1. The van der Waals surface area contributed by atoms with Crippen molar-refractivity contribution in [3.63, 3.8) is 0 Å². The van der Waals surface area contributed by atoms with E-state index >= 15 is 0 Å². The molecule has 0 spiro atoms. The zero-order valence-corrected chi connectivity index (χ0v) is 16.8. The van der Waals surface area contributed by atoms with Crippen molar-refractivity contribution in [3.8, 4) is 23.0 Å². The van der Waals surface area contributed by atoms with E-state index in [2.05, 4.69) is 28.0 Å². The molecular formula is C20H24N2O5S. The molecule has 2 aliphatic heterocycles. The van der Waals surface area contributed by atoms with E-state index in [1.54, 1.807) is 25.6 Å². The number of thiophene rings is 1. The number of hydrogen-bond donors (Lipinski definition) is 1. The molecule has 2 aromatic rings. The topological polar surface area (TPSA) is 70.5 Å². The predicted molar refractivity (Wildman–Crippen MR) is 107 cm³/mol. The Bertz CT molecular complexity index is 838. The molecule has 1 aromatic carbocycles. The van der Waals surface area contributed by atoms with Crippen LogP contribution in [0.4, 0.5) is 0 Å². The monoisotopic (exact) mass is 404 g/mol. The van der Waals surface area contributed by atoms with E-state index in [0.29, 0.717) is 29.4 Å². The summed E-state index contributed by atoms with van der Waals surface area (Å²) >= 11 is 1.79. The SMILES string of the molecule is COc1cc(CC2CC(CNCCc3cccs3)=NO2)c(OC)c2c1OCO2. The summed E-state index contributed by atoms with van der Waals surface area (Å²) in [5.41, 5.74) is 1.98. The van der Waals surface area contributed by atoms with E-state index in [9.17, 15) is 0 Å². The number of ether oxygens (including phenoxy) is 4. The standard InChI is InChI=1S/C20H24N2O5S/c1-23-17-9-13(18(24-2)20-19(17)25-12-26-20)8-15-10-14(22-27-15)11-21-6-5-16-4-3-7-28-16/h3-4,7,9,15,21H,5-6,8,10-12H2,1-2H3. The number of fused-ring (bicyclic) bond motifs is 1. The average molecular weight is 404 g/mol. The Hall–Kier alpha value is -2.45. The molecule has 0 aliphatic carbocycles. The van der Waals surface area contributed by atoms with Crippen LogP contribution in [0.25, 0.3) is 0 Å². The van der Waals surface area contributed by atoms with Crippen molar-refractivity contribution >= 4 is 17.0 Å². The second-order valence-corrected chi connectivity index (χ2v) is 7.67. The van der Waals surface area contributed by atoms with Crippen molar-refractivity contribution < 1.29 is 23.8 Å². The van der Waals surface area contributed by atoms with Gasteiger partial charge in [0.1, 0.15) is 6.10 Å². The molecule has 28 heavy (non-hydrogen) atoms. The summed E-state index contributed by atoms with van der Waals surface area (Å²) in [6.45, 7) is 1.83. The molecule has 0 saturated carbocycles. The molecule has 0 radical (unpaired) electrons. The van der Waals surface area contributed by atoms with Gasteiger partial charge in [0.25, 0.3) is 0 Å². The maximum Gasteiger partial charge on any atom is 0.231 e. The number of oxime groups is 1. The van der Waals surface area contributed by atoms with E-state index in [-0.39, 0.29) is 12.9 Å². The van der Waals surface area contributed by atoms with E-state index < -0.39 is 0 Å². The highest BCUT2D eigenvalue weighted by atomic mass is 32.1. The van der Waals surface area contributed by atoms with Gasteiger partial charge in [-0.1, -0.05) is 11.2 Å². The van der Waals surface area contributed by atoms with Crippen LogP contribution in [0.15, 0.2) is 28.7 Å². The molecule has 8 heteroatoms. The fourth-order valence-electron chi connectivity index (χ4n) is 3.44. The Kier molecular flexibility index (Phi) is 5.87. The summed E-state index contributed by atoms with van der Waals surface area (Å²) < 4.78 is 22.1. The molecule has 150 valence electrons. The molecule has 0 bridgehead atoms. The van der Waals surface area contributed by atoms with Crippen LogP contribution in [-0.2, 0) is 17.7 Å². The number of nitrogens with one attached hydrogen (secondary N) is 1. The molecule has 0 fully saturated rings. The number of benzene rings is 1. The van der Waals surface area contributed by atoms with Crippen LogP contribution < -0.4 is 24.3 Å². The van der Waals surface area contributed by atoms with Crippen LogP contribution in [0.5, 0.6) is 23.0 Å². The van der Waals surface area contributed by atoms with Gasteiger partial charge >= 0.3 is 0 Å². The van der Waals surface area contributed by atoms with Gasteiger partial charge in [0.15, 0.2) is 11.5 Å². The molecule has 2 aliphatic rings. The Morgan fingerprint density at radius 3 is 2.93 bits per heavy atom. The third-order valence-electron chi connectivity index (χ3n) is 4.76. The highest BCUT2D eigenvalue weighted by molar-refractivity contribution is 7.09. The average Bonchev–Trinajstić information content (AvgIpc) is 3.46. The zero-order chi connectivity index (χ0) is 19.3. The number of nitrogens with zero attached hydrogens (tertiary/aromatic N) is 1. The van der Waals surface area contributed by atoms with Gasteiger partial charge in [-0.05, 0) is 23.9 Å². The minimum atomic E-state index is -0.0342. The van der Waals surface area contributed by atoms with Crippen molar-refractivity contribution in [2.24, 2.45) is 5.16 Å². The Labute approximate surface area is 168 Å². The minimum absolute atomic E-state index is 0.0342. The predicted octanol–water partition coefficient (Wildman–Crippen LogP) is 3.01. The molecule has 1 atom stereocenters. The number of hydrogen-bond acceptors (Lipinski definition) is 8. The van der Waals surface area contributed by atoms with E-state index in [0.717, 1.165) is 37.2 Å². The van der Waals surface area contributed by atoms with Crippen LogP contribution >= 0.6 is 11.3 Å². The van der Waals surface area contributed by atoms with Crippen LogP contribution in [0, 0.1) is 0 Å². The first-order valence-electron chi connectivity index (χ1n) is 9.26. The maximum atomic E-state index is 5.65. The number of methoxy groups -OCH3 is 2. The normalized spacial score (nSPS) is 17.4. The second kappa shape index (κ2) is 8.70. The molecular weight excluding hydrogens is 380 g/mol. The van der Waals surface area contributed by atoms with Gasteiger partial charge in [-0.2, -0.15) is 0 Å².